The first-order valence-corrected chi connectivity index (χ1v) is 36.9. The summed E-state index contributed by atoms with van der Waals surface area (Å²) in [6, 6.07) is -0.620. The summed E-state index contributed by atoms with van der Waals surface area (Å²) in [5.74, 6) is -0.0525. The highest BCUT2D eigenvalue weighted by atomic mass is 16.3. The molecule has 78 heavy (non-hydrogen) atoms. The van der Waals surface area contributed by atoms with Gasteiger partial charge in [-0.25, -0.2) is 0 Å². The van der Waals surface area contributed by atoms with Crippen molar-refractivity contribution in [1.29, 1.82) is 0 Å². The van der Waals surface area contributed by atoms with Crippen molar-refractivity contribution in [2.75, 3.05) is 6.61 Å². The van der Waals surface area contributed by atoms with Crippen LogP contribution >= 0.6 is 0 Å². The molecule has 0 aliphatic carbocycles. The van der Waals surface area contributed by atoms with E-state index in [2.05, 4.69) is 19.2 Å². The van der Waals surface area contributed by atoms with Crippen LogP contribution in [0.1, 0.15) is 438 Å². The fourth-order valence-electron chi connectivity index (χ4n) is 12.2. The number of allylic oxidation sites excluding steroid dienone is 1. The lowest BCUT2D eigenvalue weighted by molar-refractivity contribution is -0.123. The molecule has 3 N–H and O–H groups in total. The zero-order chi connectivity index (χ0) is 56.2. The van der Waals surface area contributed by atoms with Crippen molar-refractivity contribution in [1.82, 2.24) is 5.32 Å². The van der Waals surface area contributed by atoms with E-state index in [0.717, 1.165) is 25.7 Å². The van der Waals surface area contributed by atoms with Gasteiger partial charge >= 0.3 is 0 Å². The lowest BCUT2D eigenvalue weighted by Gasteiger charge is -2.20. The molecule has 0 heterocycles. The van der Waals surface area contributed by atoms with Gasteiger partial charge in [-0.2, -0.15) is 0 Å². The Balaban J connectivity index is 3.37. The topological polar surface area (TPSA) is 69.6 Å². The van der Waals surface area contributed by atoms with Crippen molar-refractivity contribution in [2.45, 2.75) is 450 Å². The van der Waals surface area contributed by atoms with E-state index in [1.54, 1.807) is 6.08 Å². The summed E-state index contributed by atoms with van der Waals surface area (Å²) in [4.78, 5) is 12.6. The second-order valence-electron chi connectivity index (χ2n) is 25.7. The molecule has 0 aromatic carbocycles. The summed E-state index contributed by atoms with van der Waals surface area (Å²) in [5.41, 5.74) is 0. The van der Waals surface area contributed by atoms with Gasteiger partial charge in [-0.05, 0) is 19.3 Å². The van der Waals surface area contributed by atoms with Gasteiger partial charge in [0.05, 0.1) is 18.8 Å². The van der Waals surface area contributed by atoms with Gasteiger partial charge in [-0.3, -0.25) is 4.79 Å². The van der Waals surface area contributed by atoms with Gasteiger partial charge in [-0.15, -0.1) is 0 Å². The Labute approximate surface area is 492 Å². The molecule has 0 saturated carbocycles. The number of carbonyl (C=O) groups excluding carboxylic acids is 1. The zero-order valence-electron chi connectivity index (χ0n) is 54.0. The molecule has 2 atom stereocenters. The van der Waals surface area contributed by atoms with Crippen LogP contribution in [0.2, 0.25) is 0 Å². The third-order valence-corrected chi connectivity index (χ3v) is 17.8. The highest BCUT2D eigenvalue weighted by Crippen LogP contribution is 2.20. The van der Waals surface area contributed by atoms with Gasteiger partial charge in [0.2, 0.25) is 5.91 Å². The van der Waals surface area contributed by atoms with E-state index in [9.17, 15) is 15.0 Å². The van der Waals surface area contributed by atoms with E-state index in [1.165, 1.54) is 392 Å². The molecular formula is C74H147NO3. The van der Waals surface area contributed by atoms with Crippen LogP contribution in [-0.4, -0.2) is 34.9 Å². The summed E-state index contributed by atoms with van der Waals surface area (Å²) in [7, 11) is 0. The van der Waals surface area contributed by atoms with E-state index in [0.29, 0.717) is 6.42 Å². The molecule has 0 aliphatic heterocycles. The van der Waals surface area contributed by atoms with Crippen molar-refractivity contribution in [3.63, 3.8) is 0 Å². The first kappa shape index (κ1) is 77.1. The summed E-state index contributed by atoms with van der Waals surface area (Å²) < 4.78 is 0. The maximum atomic E-state index is 12.6. The smallest absolute Gasteiger partial charge is 0.220 e. The number of nitrogens with one attached hydrogen (secondary N) is 1. The molecule has 0 fully saturated rings. The number of amides is 1. The van der Waals surface area contributed by atoms with Gasteiger partial charge in [0, 0.05) is 6.42 Å². The third kappa shape index (κ3) is 65.9. The van der Waals surface area contributed by atoms with E-state index in [1.807, 2.05) is 6.08 Å². The number of hydrogen-bond acceptors (Lipinski definition) is 3. The number of rotatable bonds is 70. The van der Waals surface area contributed by atoms with Crippen LogP contribution in [-0.2, 0) is 4.79 Å². The van der Waals surface area contributed by atoms with Crippen molar-refractivity contribution >= 4 is 5.91 Å². The highest BCUT2D eigenvalue weighted by molar-refractivity contribution is 5.76. The summed E-state index contributed by atoms with van der Waals surface area (Å²) in [6.45, 7) is 4.37. The average molecular weight is 1100 g/mol. The Morgan fingerprint density at radius 3 is 0.667 bits per heavy atom. The monoisotopic (exact) mass is 1100 g/mol. The minimum atomic E-state index is -0.837. The lowest BCUT2D eigenvalue weighted by atomic mass is 10.0. The van der Waals surface area contributed by atoms with Crippen molar-refractivity contribution in [3.05, 3.63) is 12.2 Å². The number of aliphatic hydroxyl groups is 2. The van der Waals surface area contributed by atoms with Crippen molar-refractivity contribution < 1.29 is 15.0 Å². The SMILES string of the molecule is CCCCCCCCCCCCCCCCCCCCCCCCCCCC/C=C/C(O)C(CO)NC(=O)CCCCCCCCCCCCCCCCCCCCCCCCCCCCCCCCCCCCCCCC. The molecule has 0 saturated heterocycles. The van der Waals surface area contributed by atoms with E-state index in [4.69, 9.17) is 0 Å². The maximum Gasteiger partial charge on any atom is 0.220 e. The fraction of sp³-hybridized carbons (Fsp3) is 0.959. The van der Waals surface area contributed by atoms with Crippen LogP contribution in [0.15, 0.2) is 12.2 Å². The molecule has 0 aromatic heterocycles. The summed E-state index contributed by atoms with van der Waals surface area (Å²) >= 11 is 0. The Morgan fingerprint density at radius 1 is 0.295 bits per heavy atom. The van der Waals surface area contributed by atoms with Crippen LogP contribution in [0, 0.1) is 0 Å². The summed E-state index contributed by atoms with van der Waals surface area (Å²) in [6.07, 6.45) is 94.8. The van der Waals surface area contributed by atoms with Gasteiger partial charge < -0.3 is 15.5 Å². The molecule has 0 spiro atoms. The fourth-order valence-corrected chi connectivity index (χ4v) is 12.2. The van der Waals surface area contributed by atoms with Crippen molar-refractivity contribution in [3.8, 4) is 0 Å². The van der Waals surface area contributed by atoms with Crippen molar-refractivity contribution in [2.24, 2.45) is 0 Å². The van der Waals surface area contributed by atoms with E-state index in [-0.39, 0.29) is 12.5 Å². The molecule has 0 bridgehead atoms. The second kappa shape index (κ2) is 70.4. The summed E-state index contributed by atoms with van der Waals surface area (Å²) in [5, 5.41) is 23.3. The quantitative estimate of drug-likeness (QED) is 0.0420. The zero-order valence-corrected chi connectivity index (χ0v) is 54.0. The largest absolute Gasteiger partial charge is 0.394 e. The van der Waals surface area contributed by atoms with Crippen LogP contribution < -0.4 is 5.32 Å². The highest BCUT2D eigenvalue weighted by Gasteiger charge is 2.18. The minimum absolute atomic E-state index is 0.0525. The third-order valence-electron chi connectivity index (χ3n) is 17.8. The normalized spacial score (nSPS) is 12.6. The van der Waals surface area contributed by atoms with Crippen LogP contribution in [0.5, 0.6) is 0 Å². The van der Waals surface area contributed by atoms with Gasteiger partial charge in [-0.1, -0.05) is 424 Å². The molecule has 0 aromatic rings. The molecule has 4 heteroatoms. The van der Waals surface area contributed by atoms with Crippen LogP contribution in [0.25, 0.3) is 0 Å². The lowest BCUT2D eigenvalue weighted by Crippen LogP contribution is -2.45. The molecule has 0 radical (unpaired) electrons. The predicted octanol–water partition coefficient (Wildman–Crippen LogP) is 25.2. The molecule has 1 amide bonds. The van der Waals surface area contributed by atoms with Crippen LogP contribution in [0.3, 0.4) is 0 Å². The Hall–Kier alpha value is -0.870. The van der Waals surface area contributed by atoms with Gasteiger partial charge in [0.25, 0.3) is 0 Å². The number of carbonyl (C=O) groups is 1. The molecule has 466 valence electrons. The molecular weight excluding hydrogens is 951 g/mol. The van der Waals surface area contributed by atoms with Gasteiger partial charge in [0.15, 0.2) is 0 Å². The molecule has 0 aliphatic rings. The molecule has 4 nitrogen and oxygen atoms in total. The minimum Gasteiger partial charge on any atom is -0.394 e. The number of hydrogen-bond donors (Lipinski definition) is 3. The Bertz CT molecular complexity index is 1110. The first-order valence-electron chi connectivity index (χ1n) is 36.9. The number of unbranched alkanes of at least 4 members (excludes halogenated alkanes) is 63. The van der Waals surface area contributed by atoms with Gasteiger partial charge in [0.1, 0.15) is 0 Å². The average Bonchev–Trinajstić information content (AvgIpc) is 3.44. The Kier molecular flexibility index (Phi) is 69.6. The van der Waals surface area contributed by atoms with Crippen LogP contribution in [0.4, 0.5) is 0 Å². The second-order valence-corrected chi connectivity index (χ2v) is 25.7. The first-order chi connectivity index (χ1) is 38.7. The molecule has 0 rings (SSSR count). The predicted molar refractivity (Wildman–Crippen MR) is 350 cm³/mol. The van der Waals surface area contributed by atoms with E-state index >= 15 is 0 Å². The Morgan fingerprint density at radius 2 is 0.474 bits per heavy atom. The standard InChI is InChI=1S/C74H147NO3/c1-3-5-7-9-11-13-15-17-19-21-23-25-27-29-31-33-34-35-36-37-38-39-40-41-42-44-46-48-50-52-54-56-58-60-62-64-66-68-70-74(78)75-72(71-76)73(77)69-67-65-63-61-59-57-55-53-51-49-47-45-43-32-30-28-26-24-22-20-18-16-14-12-10-8-6-4-2/h67,69,72-73,76-77H,3-66,68,70-71H2,1-2H3,(H,75,78)/b69-67+. The maximum absolute atomic E-state index is 12.6. The van der Waals surface area contributed by atoms with E-state index < -0.39 is 12.1 Å². The molecule has 2 unspecified atom stereocenters. The number of aliphatic hydroxyl groups excluding tert-OH is 2.